The maximum atomic E-state index is 11.5. The maximum Gasteiger partial charge on any atom is 0.320 e. The molecule has 3 atom stereocenters. The first-order valence-corrected chi connectivity index (χ1v) is 7.50. The Kier molecular flexibility index (Phi) is 3.57. The van der Waals surface area contributed by atoms with Gasteiger partial charge >= 0.3 is 5.97 Å². The van der Waals surface area contributed by atoms with Crippen LogP contribution in [0.4, 0.5) is 0 Å². The molecule has 0 aromatic carbocycles. The van der Waals surface area contributed by atoms with Crippen LogP contribution in [-0.4, -0.2) is 58.6 Å². The number of carboxylic acid groups (broad SMARTS) is 1. The highest BCUT2D eigenvalue weighted by Crippen LogP contribution is 2.34. The van der Waals surface area contributed by atoms with E-state index < -0.39 is 5.97 Å². The minimum absolute atomic E-state index is 0.224. The minimum Gasteiger partial charge on any atom is -0.480 e. The monoisotopic (exact) mass is 252 g/mol. The van der Waals surface area contributed by atoms with E-state index in [1.807, 2.05) is 0 Å². The van der Waals surface area contributed by atoms with Crippen LogP contribution in [0.1, 0.15) is 44.9 Å². The van der Waals surface area contributed by atoms with E-state index in [2.05, 4.69) is 9.80 Å². The van der Waals surface area contributed by atoms with Crippen LogP contribution in [0.5, 0.6) is 0 Å². The van der Waals surface area contributed by atoms with Crippen LogP contribution in [0.3, 0.4) is 0 Å². The number of aliphatic carboxylic acids is 1. The van der Waals surface area contributed by atoms with Crippen molar-refractivity contribution in [3.05, 3.63) is 0 Å². The molecule has 4 nitrogen and oxygen atoms in total. The quantitative estimate of drug-likeness (QED) is 0.810. The summed E-state index contributed by atoms with van der Waals surface area (Å²) < 4.78 is 0. The lowest BCUT2D eigenvalue weighted by molar-refractivity contribution is -0.144. The van der Waals surface area contributed by atoms with Gasteiger partial charge in [0.2, 0.25) is 0 Å². The fourth-order valence-electron chi connectivity index (χ4n) is 4.24. The minimum atomic E-state index is -0.603. The number of likely N-dealkylation sites (tertiary alicyclic amines) is 1. The van der Waals surface area contributed by atoms with E-state index in [9.17, 15) is 9.90 Å². The van der Waals surface area contributed by atoms with Crippen LogP contribution in [0.2, 0.25) is 0 Å². The number of carboxylic acids is 1. The Balaban J connectivity index is 1.77. The first-order chi connectivity index (χ1) is 8.77. The normalized spacial score (nSPS) is 38.6. The van der Waals surface area contributed by atoms with E-state index in [1.54, 1.807) is 0 Å². The predicted molar refractivity (Wildman–Crippen MR) is 69.6 cm³/mol. The van der Waals surface area contributed by atoms with Gasteiger partial charge in [-0.3, -0.25) is 14.6 Å². The third kappa shape index (κ3) is 2.16. The molecule has 3 aliphatic heterocycles. The Morgan fingerprint density at radius 3 is 2.61 bits per heavy atom. The summed E-state index contributed by atoms with van der Waals surface area (Å²) in [5.41, 5.74) is 0. The second-order valence-corrected chi connectivity index (χ2v) is 6.04. The van der Waals surface area contributed by atoms with Crippen molar-refractivity contribution in [3.63, 3.8) is 0 Å². The van der Waals surface area contributed by atoms with E-state index >= 15 is 0 Å². The molecule has 0 bridgehead atoms. The molecule has 0 aromatic rings. The van der Waals surface area contributed by atoms with Gasteiger partial charge in [-0.25, -0.2) is 0 Å². The van der Waals surface area contributed by atoms with E-state index in [1.165, 1.54) is 45.2 Å². The number of hydrogen-bond donors (Lipinski definition) is 1. The second kappa shape index (κ2) is 5.17. The highest BCUT2D eigenvalue weighted by Gasteiger charge is 2.43. The Hall–Kier alpha value is -0.610. The topological polar surface area (TPSA) is 43.8 Å². The van der Waals surface area contributed by atoms with Crippen molar-refractivity contribution >= 4 is 5.97 Å². The van der Waals surface area contributed by atoms with Crippen LogP contribution in [0.25, 0.3) is 0 Å². The van der Waals surface area contributed by atoms with Crippen molar-refractivity contribution < 1.29 is 9.90 Å². The predicted octanol–water partition coefficient (Wildman–Crippen LogP) is 1.55. The molecule has 3 aliphatic rings. The highest BCUT2D eigenvalue weighted by atomic mass is 16.4. The number of hydrogen-bond acceptors (Lipinski definition) is 3. The zero-order chi connectivity index (χ0) is 12.5. The number of rotatable bonds is 2. The van der Waals surface area contributed by atoms with Gasteiger partial charge in [-0.2, -0.15) is 0 Å². The molecular weight excluding hydrogens is 228 g/mol. The van der Waals surface area contributed by atoms with Gasteiger partial charge in [0.1, 0.15) is 6.04 Å². The molecular formula is C14H24N2O2. The summed E-state index contributed by atoms with van der Waals surface area (Å²) in [6.45, 7) is 3.40. The third-order valence-electron chi connectivity index (χ3n) is 5.08. The second-order valence-electron chi connectivity index (χ2n) is 6.04. The lowest BCUT2D eigenvalue weighted by atomic mass is 10.0. The van der Waals surface area contributed by atoms with E-state index in [0.29, 0.717) is 12.1 Å². The van der Waals surface area contributed by atoms with Gasteiger partial charge in [0.15, 0.2) is 0 Å². The molecule has 0 amide bonds. The van der Waals surface area contributed by atoms with Crippen molar-refractivity contribution in [1.82, 2.24) is 9.80 Å². The summed E-state index contributed by atoms with van der Waals surface area (Å²) in [4.78, 5) is 16.4. The number of carbonyl (C=O) groups is 1. The van der Waals surface area contributed by atoms with Gasteiger partial charge in [-0.15, -0.1) is 0 Å². The zero-order valence-corrected chi connectivity index (χ0v) is 11.1. The van der Waals surface area contributed by atoms with Gasteiger partial charge in [0.05, 0.1) is 0 Å². The molecule has 3 rings (SSSR count). The van der Waals surface area contributed by atoms with E-state index in [-0.39, 0.29) is 6.04 Å². The number of nitrogens with zero attached hydrogens (tertiary/aromatic N) is 2. The smallest absolute Gasteiger partial charge is 0.320 e. The fourth-order valence-corrected chi connectivity index (χ4v) is 4.24. The lowest BCUT2D eigenvalue weighted by Crippen LogP contribution is -2.51. The van der Waals surface area contributed by atoms with E-state index in [0.717, 1.165) is 19.4 Å². The van der Waals surface area contributed by atoms with Crippen LogP contribution >= 0.6 is 0 Å². The third-order valence-corrected chi connectivity index (χ3v) is 5.08. The van der Waals surface area contributed by atoms with Crippen molar-refractivity contribution in [2.75, 3.05) is 19.6 Å². The van der Waals surface area contributed by atoms with Crippen molar-refractivity contribution in [1.29, 1.82) is 0 Å². The molecule has 3 saturated heterocycles. The fraction of sp³-hybridized carbons (Fsp3) is 0.929. The SMILES string of the molecule is O=C(O)C1CCCCCN1C1CCN2CCCC12. The van der Waals surface area contributed by atoms with Gasteiger partial charge in [0, 0.05) is 18.6 Å². The summed E-state index contributed by atoms with van der Waals surface area (Å²) in [6.07, 6.45) is 8.04. The Bertz CT molecular complexity index is 321. The average molecular weight is 252 g/mol. The Morgan fingerprint density at radius 2 is 1.78 bits per heavy atom. The molecule has 4 heteroatoms. The van der Waals surface area contributed by atoms with Gasteiger partial charge in [-0.05, 0) is 45.2 Å². The maximum absolute atomic E-state index is 11.5. The summed E-state index contributed by atoms with van der Waals surface area (Å²) in [6, 6.07) is 0.926. The van der Waals surface area contributed by atoms with E-state index in [4.69, 9.17) is 0 Å². The Morgan fingerprint density at radius 1 is 0.889 bits per heavy atom. The highest BCUT2D eigenvalue weighted by molar-refractivity contribution is 5.73. The van der Waals surface area contributed by atoms with Gasteiger partial charge < -0.3 is 5.11 Å². The van der Waals surface area contributed by atoms with Crippen molar-refractivity contribution in [3.8, 4) is 0 Å². The van der Waals surface area contributed by atoms with Gasteiger partial charge in [-0.1, -0.05) is 12.8 Å². The molecule has 0 radical (unpaired) electrons. The van der Waals surface area contributed by atoms with Crippen LogP contribution in [-0.2, 0) is 4.79 Å². The summed E-state index contributed by atoms with van der Waals surface area (Å²) in [7, 11) is 0. The standard InChI is InChI=1S/C14H24N2O2/c17-14(18)13-5-2-1-3-9-16(13)12-7-10-15-8-4-6-11(12)15/h11-13H,1-10H2,(H,17,18). The molecule has 102 valence electrons. The molecule has 18 heavy (non-hydrogen) atoms. The van der Waals surface area contributed by atoms with Gasteiger partial charge in [0.25, 0.3) is 0 Å². The molecule has 3 fully saturated rings. The summed E-state index contributed by atoms with van der Waals surface area (Å²) >= 11 is 0. The van der Waals surface area contributed by atoms with Crippen LogP contribution < -0.4 is 0 Å². The average Bonchev–Trinajstić information content (AvgIpc) is 2.85. The molecule has 0 spiro atoms. The summed E-state index contributed by atoms with van der Waals surface area (Å²) in [5.74, 6) is -0.603. The first kappa shape index (κ1) is 12.4. The molecule has 0 aromatic heterocycles. The molecule has 3 heterocycles. The molecule has 0 saturated carbocycles. The van der Waals surface area contributed by atoms with Crippen LogP contribution in [0.15, 0.2) is 0 Å². The zero-order valence-electron chi connectivity index (χ0n) is 11.1. The first-order valence-electron chi connectivity index (χ1n) is 7.50. The Labute approximate surface area is 109 Å². The van der Waals surface area contributed by atoms with Crippen LogP contribution in [0, 0.1) is 0 Å². The lowest BCUT2D eigenvalue weighted by Gasteiger charge is -2.35. The van der Waals surface area contributed by atoms with Crippen molar-refractivity contribution in [2.24, 2.45) is 0 Å². The summed E-state index contributed by atoms with van der Waals surface area (Å²) in [5, 5.41) is 9.48. The molecule has 1 N–H and O–H groups in total. The number of fused-ring (bicyclic) bond motifs is 1. The molecule has 0 aliphatic carbocycles. The molecule has 3 unspecified atom stereocenters. The largest absolute Gasteiger partial charge is 0.480 e. The van der Waals surface area contributed by atoms with Crippen molar-refractivity contribution in [2.45, 2.75) is 63.1 Å².